The van der Waals surface area contributed by atoms with Crippen molar-refractivity contribution >= 4 is 11.6 Å². The molecule has 0 radical (unpaired) electrons. The molecule has 0 unspecified atom stereocenters. The molecule has 7 nitrogen and oxygen atoms in total. The minimum atomic E-state index is -0.467. The molecule has 1 aromatic carbocycles. The molecule has 0 saturated heterocycles. The summed E-state index contributed by atoms with van der Waals surface area (Å²) in [7, 11) is 0. The maximum absolute atomic E-state index is 11.8. The number of aryl methyl sites for hydroxylation is 1. The molecule has 1 amide bonds. The van der Waals surface area contributed by atoms with E-state index in [1.165, 1.54) is 18.3 Å². The zero-order valence-corrected chi connectivity index (χ0v) is 10.2. The molecule has 0 bridgehead atoms. The minimum absolute atomic E-state index is 0.00578. The van der Waals surface area contributed by atoms with Crippen molar-refractivity contribution in [3.63, 3.8) is 0 Å². The fourth-order valence-corrected chi connectivity index (χ4v) is 1.64. The number of hydrogen-bond acceptors (Lipinski definition) is 4. The first-order valence-corrected chi connectivity index (χ1v) is 5.59. The number of nitrogens with one attached hydrogen (secondary N) is 2. The Balaban J connectivity index is 2.03. The lowest BCUT2D eigenvalue weighted by atomic mass is 10.2. The third kappa shape index (κ3) is 2.95. The van der Waals surface area contributed by atoms with Gasteiger partial charge < -0.3 is 5.32 Å². The highest BCUT2D eigenvalue weighted by atomic mass is 16.6. The van der Waals surface area contributed by atoms with Gasteiger partial charge in [0.25, 0.3) is 11.6 Å². The lowest BCUT2D eigenvalue weighted by Gasteiger charge is -2.04. The monoisotopic (exact) mass is 260 g/mol. The average Bonchev–Trinajstić information content (AvgIpc) is 2.82. The average molecular weight is 260 g/mol. The van der Waals surface area contributed by atoms with Crippen LogP contribution in [0.4, 0.5) is 5.69 Å². The second kappa shape index (κ2) is 5.30. The van der Waals surface area contributed by atoms with Gasteiger partial charge in [0.15, 0.2) is 0 Å². The van der Waals surface area contributed by atoms with Crippen molar-refractivity contribution < 1.29 is 9.72 Å². The Morgan fingerprint density at radius 3 is 2.95 bits per heavy atom. The van der Waals surface area contributed by atoms with E-state index in [0.29, 0.717) is 16.8 Å². The summed E-state index contributed by atoms with van der Waals surface area (Å²) >= 11 is 0. The summed E-state index contributed by atoms with van der Waals surface area (Å²) in [5, 5.41) is 19.7. The Morgan fingerprint density at radius 2 is 2.32 bits per heavy atom. The molecule has 19 heavy (non-hydrogen) atoms. The van der Waals surface area contributed by atoms with E-state index in [2.05, 4.69) is 15.5 Å². The van der Waals surface area contributed by atoms with Crippen LogP contribution in [0.3, 0.4) is 0 Å². The molecular weight excluding hydrogens is 248 g/mol. The van der Waals surface area contributed by atoms with Gasteiger partial charge in [-0.3, -0.25) is 20.0 Å². The summed E-state index contributed by atoms with van der Waals surface area (Å²) in [5.41, 5.74) is 1.82. The summed E-state index contributed by atoms with van der Waals surface area (Å²) in [6.45, 7) is 1.97. The Labute approximate surface area is 108 Å². The van der Waals surface area contributed by atoms with Crippen LogP contribution in [-0.4, -0.2) is 21.0 Å². The molecule has 7 heteroatoms. The molecule has 1 aromatic heterocycles. The number of non-ortho nitro benzene ring substituents is 1. The number of rotatable bonds is 4. The number of hydrogen-bond donors (Lipinski definition) is 2. The first-order chi connectivity index (χ1) is 9.08. The van der Waals surface area contributed by atoms with Crippen LogP contribution in [0.1, 0.15) is 21.6 Å². The predicted octanol–water partition coefficient (Wildman–Crippen LogP) is 1.56. The first-order valence-electron chi connectivity index (χ1n) is 5.59. The lowest BCUT2D eigenvalue weighted by Crippen LogP contribution is -2.23. The summed E-state index contributed by atoms with van der Waals surface area (Å²) in [6, 6.07) is 6.15. The van der Waals surface area contributed by atoms with E-state index in [4.69, 9.17) is 0 Å². The molecule has 2 aromatic rings. The van der Waals surface area contributed by atoms with Gasteiger partial charge in [-0.15, -0.1) is 0 Å². The van der Waals surface area contributed by atoms with Gasteiger partial charge in [0.05, 0.1) is 16.7 Å². The van der Waals surface area contributed by atoms with Crippen LogP contribution in [0.5, 0.6) is 0 Å². The van der Waals surface area contributed by atoms with Crippen molar-refractivity contribution in [3.8, 4) is 0 Å². The van der Waals surface area contributed by atoms with Crippen molar-refractivity contribution in [1.82, 2.24) is 15.5 Å². The molecule has 0 aliphatic heterocycles. The van der Waals surface area contributed by atoms with Crippen molar-refractivity contribution in [2.75, 3.05) is 0 Å². The van der Waals surface area contributed by atoms with Crippen LogP contribution in [0.2, 0.25) is 0 Å². The molecule has 0 fully saturated rings. The topological polar surface area (TPSA) is 101 Å². The van der Waals surface area contributed by atoms with Gasteiger partial charge in [-0.1, -0.05) is 12.1 Å². The van der Waals surface area contributed by atoms with Crippen LogP contribution in [0.25, 0.3) is 0 Å². The fraction of sp³-hybridized carbons (Fsp3) is 0.167. The van der Waals surface area contributed by atoms with Gasteiger partial charge in [-0.25, -0.2) is 0 Å². The third-order valence-electron chi connectivity index (χ3n) is 2.65. The van der Waals surface area contributed by atoms with Gasteiger partial charge in [-0.2, -0.15) is 5.10 Å². The van der Waals surface area contributed by atoms with Crippen molar-refractivity contribution in [3.05, 3.63) is 57.4 Å². The van der Waals surface area contributed by atoms with E-state index in [0.717, 1.165) is 0 Å². The van der Waals surface area contributed by atoms with Crippen LogP contribution in [0.15, 0.2) is 30.5 Å². The minimum Gasteiger partial charge on any atom is -0.348 e. The molecule has 0 aliphatic carbocycles. The third-order valence-corrected chi connectivity index (χ3v) is 2.65. The van der Waals surface area contributed by atoms with E-state index in [1.54, 1.807) is 19.1 Å². The van der Waals surface area contributed by atoms with Gasteiger partial charge in [0.2, 0.25) is 0 Å². The normalized spacial score (nSPS) is 10.2. The number of amides is 1. The predicted molar refractivity (Wildman–Crippen MR) is 67.6 cm³/mol. The molecule has 0 aliphatic rings. The number of carbonyl (C=O) groups is 1. The number of H-pyrrole nitrogens is 1. The number of nitro benzene ring substituents is 1. The summed E-state index contributed by atoms with van der Waals surface area (Å²) < 4.78 is 0. The SMILES string of the molecule is Cc1[nH]ncc1C(=O)NCc1cccc([N+](=O)[O-])c1. The van der Waals surface area contributed by atoms with E-state index < -0.39 is 4.92 Å². The fourth-order valence-electron chi connectivity index (χ4n) is 1.64. The van der Waals surface area contributed by atoms with Crippen LogP contribution >= 0.6 is 0 Å². The molecular formula is C12H12N4O3. The van der Waals surface area contributed by atoms with Gasteiger partial charge in [0.1, 0.15) is 0 Å². The highest BCUT2D eigenvalue weighted by molar-refractivity contribution is 5.94. The van der Waals surface area contributed by atoms with Crippen LogP contribution in [-0.2, 0) is 6.54 Å². The molecule has 98 valence electrons. The second-order valence-electron chi connectivity index (χ2n) is 4.02. The molecule has 2 rings (SSSR count). The summed E-state index contributed by atoms with van der Waals surface area (Å²) in [4.78, 5) is 22.0. The zero-order chi connectivity index (χ0) is 13.8. The number of nitrogens with zero attached hydrogens (tertiary/aromatic N) is 2. The molecule has 0 atom stereocenters. The molecule has 0 saturated carbocycles. The molecule has 0 spiro atoms. The molecule has 2 N–H and O–H groups in total. The van der Waals surface area contributed by atoms with E-state index in [-0.39, 0.29) is 18.1 Å². The standard InChI is InChI=1S/C12H12N4O3/c1-8-11(7-14-15-8)12(17)13-6-9-3-2-4-10(5-9)16(18)19/h2-5,7H,6H2,1H3,(H,13,17)(H,14,15). The van der Waals surface area contributed by atoms with Crippen LogP contribution in [0, 0.1) is 17.0 Å². The van der Waals surface area contributed by atoms with E-state index in [1.807, 2.05) is 0 Å². The smallest absolute Gasteiger partial charge is 0.269 e. The zero-order valence-electron chi connectivity index (χ0n) is 10.2. The van der Waals surface area contributed by atoms with Gasteiger partial charge in [-0.05, 0) is 12.5 Å². The first kappa shape index (κ1) is 12.7. The number of aromatic amines is 1. The van der Waals surface area contributed by atoms with Crippen LogP contribution < -0.4 is 5.32 Å². The maximum atomic E-state index is 11.8. The van der Waals surface area contributed by atoms with Gasteiger partial charge in [0, 0.05) is 24.4 Å². The van der Waals surface area contributed by atoms with Crippen molar-refractivity contribution in [2.45, 2.75) is 13.5 Å². The molecule has 1 heterocycles. The number of carbonyl (C=O) groups excluding carboxylic acids is 1. The number of aromatic nitrogens is 2. The summed E-state index contributed by atoms with van der Waals surface area (Å²) in [6.07, 6.45) is 1.44. The van der Waals surface area contributed by atoms with E-state index >= 15 is 0 Å². The Hall–Kier alpha value is -2.70. The van der Waals surface area contributed by atoms with Crippen molar-refractivity contribution in [2.24, 2.45) is 0 Å². The number of nitro groups is 1. The quantitative estimate of drug-likeness (QED) is 0.643. The maximum Gasteiger partial charge on any atom is 0.269 e. The largest absolute Gasteiger partial charge is 0.348 e. The highest BCUT2D eigenvalue weighted by Crippen LogP contribution is 2.13. The number of benzene rings is 1. The summed E-state index contributed by atoms with van der Waals surface area (Å²) in [5.74, 6) is -0.266. The lowest BCUT2D eigenvalue weighted by molar-refractivity contribution is -0.384. The highest BCUT2D eigenvalue weighted by Gasteiger charge is 2.11. The van der Waals surface area contributed by atoms with Crippen molar-refractivity contribution in [1.29, 1.82) is 0 Å². The Bertz CT molecular complexity index is 621. The Kier molecular flexibility index (Phi) is 3.56. The van der Waals surface area contributed by atoms with E-state index in [9.17, 15) is 14.9 Å². The Morgan fingerprint density at radius 1 is 1.53 bits per heavy atom. The van der Waals surface area contributed by atoms with Gasteiger partial charge >= 0.3 is 0 Å². The second-order valence-corrected chi connectivity index (χ2v) is 4.02.